The normalized spacial score (nSPS) is 14.7. The minimum Gasteiger partial charge on any atom is -0.282 e. The molecule has 0 saturated heterocycles. The fourth-order valence-corrected chi connectivity index (χ4v) is 2.91. The molecular formula is C16H32O3S. The van der Waals surface area contributed by atoms with Gasteiger partial charge in [-0.1, -0.05) is 73.3 Å². The lowest BCUT2D eigenvalue weighted by Gasteiger charge is -2.28. The fourth-order valence-electron chi connectivity index (χ4n) is 2.09. The highest BCUT2D eigenvalue weighted by Gasteiger charge is 2.27. The highest BCUT2D eigenvalue weighted by molar-refractivity contribution is 7.89. The molecule has 0 radical (unpaired) electrons. The Kier molecular flexibility index (Phi) is 7.47. The Morgan fingerprint density at radius 1 is 0.950 bits per heavy atom. The van der Waals surface area contributed by atoms with Crippen molar-refractivity contribution in [2.75, 3.05) is 0 Å². The topological polar surface area (TPSA) is 54.4 Å². The molecule has 0 amide bonds. The molecule has 0 heterocycles. The maximum atomic E-state index is 11.6. The van der Waals surface area contributed by atoms with E-state index in [9.17, 15) is 13.0 Å². The van der Waals surface area contributed by atoms with E-state index in [4.69, 9.17) is 0 Å². The smallest absolute Gasteiger partial charge is 0.282 e. The molecule has 0 aromatic rings. The third-order valence-electron chi connectivity index (χ3n) is 5.17. The van der Waals surface area contributed by atoms with Gasteiger partial charge in [0.15, 0.2) is 0 Å². The molecule has 0 atom stereocenters. The summed E-state index contributed by atoms with van der Waals surface area (Å²) in [5, 5.41) is 0. The molecule has 0 aromatic carbocycles. The van der Waals surface area contributed by atoms with Gasteiger partial charge in [-0.15, -0.1) is 0 Å². The van der Waals surface area contributed by atoms with Crippen LogP contribution in [0.4, 0.5) is 0 Å². The van der Waals surface area contributed by atoms with E-state index < -0.39 is 10.1 Å². The van der Waals surface area contributed by atoms with Crippen LogP contribution in [0.2, 0.25) is 0 Å². The summed E-state index contributed by atoms with van der Waals surface area (Å²) in [6.07, 6.45) is 6.65. The zero-order valence-electron chi connectivity index (χ0n) is 14.0. The van der Waals surface area contributed by atoms with E-state index >= 15 is 0 Å². The molecule has 0 rings (SSSR count). The Morgan fingerprint density at radius 3 is 1.65 bits per heavy atom. The first kappa shape index (κ1) is 19.7. The molecule has 4 heteroatoms. The zero-order chi connectivity index (χ0) is 16.0. The Hall–Kier alpha value is -0.350. The lowest BCUT2D eigenvalue weighted by molar-refractivity contribution is 0.289. The molecule has 120 valence electrons. The molecule has 0 spiro atoms. The first-order valence-corrected chi connectivity index (χ1v) is 9.16. The average Bonchev–Trinajstić information content (AvgIpc) is 2.41. The number of rotatable bonds is 9. The quantitative estimate of drug-likeness (QED) is 0.596. The Balaban J connectivity index is 5.30. The Bertz CT molecular complexity index is 413. The minimum atomic E-state index is -4.10. The lowest BCUT2D eigenvalue weighted by Crippen LogP contribution is -2.19. The second-order valence-corrected chi connectivity index (χ2v) is 8.04. The molecule has 0 aliphatic rings. The summed E-state index contributed by atoms with van der Waals surface area (Å²) in [7, 11) is -4.10. The summed E-state index contributed by atoms with van der Waals surface area (Å²) in [6.45, 7) is 12.6. The third-order valence-corrected chi connectivity index (χ3v) is 6.14. The number of hydrogen-bond acceptors (Lipinski definition) is 2. The monoisotopic (exact) mass is 304 g/mol. The summed E-state index contributed by atoms with van der Waals surface area (Å²) >= 11 is 0. The maximum absolute atomic E-state index is 11.6. The third kappa shape index (κ3) is 5.96. The second-order valence-electron chi connectivity index (χ2n) is 6.56. The molecular weight excluding hydrogens is 272 g/mol. The van der Waals surface area contributed by atoms with Crippen LogP contribution < -0.4 is 0 Å². The standard InChI is InChI=1S/C16H32O3S/c1-7-15(5,8-2)12-11-14(20(17,18)19)13-16(6,9-3)10-4/h11H,7-10,12-13H2,1-6H3,(H,17,18,19)/b14-11-. The molecule has 1 N–H and O–H groups in total. The molecule has 0 aliphatic carbocycles. The first-order valence-electron chi connectivity index (χ1n) is 7.72. The van der Waals surface area contributed by atoms with Crippen LogP contribution in [0.5, 0.6) is 0 Å². The van der Waals surface area contributed by atoms with Crippen molar-refractivity contribution < 1.29 is 13.0 Å². The van der Waals surface area contributed by atoms with Crippen LogP contribution in [0, 0.1) is 10.8 Å². The zero-order valence-corrected chi connectivity index (χ0v) is 14.8. The van der Waals surface area contributed by atoms with Gasteiger partial charge in [-0.3, -0.25) is 4.55 Å². The van der Waals surface area contributed by atoms with Crippen molar-refractivity contribution >= 4 is 10.1 Å². The fraction of sp³-hybridized carbons (Fsp3) is 0.875. The van der Waals surface area contributed by atoms with Crippen molar-refractivity contribution in [3.8, 4) is 0 Å². The average molecular weight is 304 g/mol. The SMILES string of the molecule is CCC(C)(CC)C/C=C(/CC(C)(CC)CC)S(=O)(=O)O. The molecule has 20 heavy (non-hydrogen) atoms. The van der Waals surface area contributed by atoms with Gasteiger partial charge in [-0.25, -0.2) is 0 Å². The van der Waals surface area contributed by atoms with Crippen LogP contribution in [0.3, 0.4) is 0 Å². The predicted molar refractivity (Wildman–Crippen MR) is 86.2 cm³/mol. The lowest BCUT2D eigenvalue weighted by atomic mass is 9.79. The van der Waals surface area contributed by atoms with Crippen molar-refractivity contribution in [1.29, 1.82) is 0 Å². The van der Waals surface area contributed by atoms with Crippen LogP contribution >= 0.6 is 0 Å². The summed E-state index contributed by atoms with van der Waals surface area (Å²) in [4.78, 5) is 0.192. The van der Waals surface area contributed by atoms with Gasteiger partial charge in [-0.05, 0) is 23.7 Å². The van der Waals surface area contributed by atoms with E-state index in [-0.39, 0.29) is 15.7 Å². The summed E-state index contributed by atoms with van der Waals surface area (Å²) in [5.74, 6) is 0. The van der Waals surface area contributed by atoms with Gasteiger partial charge in [0.25, 0.3) is 10.1 Å². The largest absolute Gasteiger partial charge is 0.290 e. The summed E-state index contributed by atoms with van der Waals surface area (Å²) < 4.78 is 32.7. The minimum absolute atomic E-state index is 0.0730. The van der Waals surface area contributed by atoms with Gasteiger partial charge in [0.05, 0.1) is 4.91 Å². The van der Waals surface area contributed by atoms with Crippen LogP contribution in [0.25, 0.3) is 0 Å². The maximum Gasteiger partial charge on any atom is 0.290 e. The molecule has 0 bridgehead atoms. The molecule has 0 unspecified atom stereocenters. The molecule has 0 aliphatic heterocycles. The molecule has 3 nitrogen and oxygen atoms in total. The molecule has 0 saturated carbocycles. The van der Waals surface area contributed by atoms with Crippen molar-refractivity contribution in [1.82, 2.24) is 0 Å². The van der Waals surface area contributed by atoms with E-state index in [2.05, 4.69) is 41.5 Å². The van der Waals surface area contributed by atoms with Gasteiger partial charge < -0.3 is 0 Å². The van der Waals surface area contributed by atoms with Crippen molar-refractivity contribution in [3.63, 3.8) is 0 Å². The van der Waals surface area contributed by atoms with Crippen LogP contribution in [-0.4, -0.2) is 13.0 Å². The summed E-state index contributed by atoms with van der Waals surface area (Å²) in [5.41, 5.74) is 0.0290. The van der Waals surface area contributed by atoms with Crippen LogP contribution in [0.15, 0.2) is 11.0 Å². The van der Waals surface area contributed by atoms with E-state index in [0.29, 0.717) is 12.8 Å². The van der Waals surface area contributed by atoms with E-state index in [1.165, 1.54) is 0 Å². The van der Waals surface area contributed by atoms with Crippen molar-refractivity contribution in [3.05, 3.63) is 11.0 Å². The Labute approximate surface area is 125 Å². The van der Waals surface area contributed by atoms with E-state index in [1.807, 2.05) is 0 Å². The van der Waals surface area contributed by atoms with Crippen molar-refractivity contribution in [2.24, 2.45) is 10.8 Å². The van der Waals surface area contributed by atoms with E-state index in [1.54, 1.807) is 6.08 Å². The van der Waals surface area contributed by atoms with Gasteiger partial charge in [0.2, 0.25) is 0 Å². The molecule has 0 aromatic heterocycles. The van der Waals surface area contributed by atoms with Gasteiger partial charge in [0.1, 0.15) is 0 Å². The predicted octanol–water partition coefficient (Wildman–Crippen LogP) is 5.19. The van der Waals surface area contributed by atoms with Gasteiger partial charge >= 0.3 is 0 Å². The summed E-state index contributed by atoms with van der Waals surface area (Å²) in [6, 6.07) is 0. The van der Waals surface area contributed by atoms with Crippen molar-refractivity contribution in [2.45, 2.75) is 80.1 Å². The Morgan fingerprint density at radius 2 is 1.35 bits per heavy atom. The molecule has 0 fully saturated rings. The van der Waals surface area contributed by atoms with Gasteiger partial charge in [-0.2, -0.15) is 8.42 Å². The number of hydrogen-bond donors (Lipinski definition) is 1. The second kappa shape index (κ2) is 7.60. The number of allylic oxidation sites excluding steroid dienone is 2. The first-order chi connectivity index (χ1) is 9.05. The highest BCUT2D eigenvalue weighted by atomic mass is 32.2. The van der Waals surface area contributed by atoms with Gasteiger partial charge in [0, 0.05) is 0 Å². The highest BCUT2D eigenvalue weighted by Crippen LogP contribution is 2.37. The van der Waals surface area contributed by atoms with Crippen LogP contribution in [-0.2, 0) is 10.1 Å². The van der Waals surface area contributed by atoms with E-state index in [0.717, 1.165) is 25.7 Å². The van der Waals surface area contributed by atoms with Crippen LogP contribution in [0.1, 0.15) is 80.1 Å².